The minimum Gasteiger partial charge on any atom is -0.508 e. The van der Waals surface area contributed by atoms with E-state index in [0.717, 1.165) is 0 Å². The van der Waals surface area contributed by atoms with Crippen molar-refractivity contribution < 1.29 is 17.7 Å². The summed E-state index contributed by atoms with van der Waals surface area (Å²) in [5.41, 5.74) is 0.239. The highest BCUT2D eigenvalue weighted by atomic mass is 32.2. The van der Waals surface area contributed by atoms with Crippen LogP contribution in [-0.2, 0) is 19.9 Å². The normalized spacial score (nSPS) is 24.1. The number of aromatic hydroxyl groups is 1. The van der Waals surface area contributed by atoms with Crippen LogP contribution >= 0.6 is 0 Å². The monoisotopic (exact) mass is 276 g/mol. The van der Waals surface area contributed by atoms with Crippen LogP contribution < -0.4 is 0 Å². The van der Waals surface area contributed by atoms with Gasteiger partial charge in [0.15, 0.2) is 0 Å². The fraction of sp³-hybridized carbons (Fsp3) is 0.143. The Bertz CT molecular complexity index is 734. The molecule has 0 saturated heterocycles. The van der Waals surface area contributed by atoms with Gasteiger partial charge in [-0.15, -0.1) is 0 Å². The molecule has 0 fully saturated rings. The highest BCUT2D eigenvalue weighted by Gasteiger charge is 2.46. The molecule has 0 aromatic heterocycles. The van der Waals surface area contributed by atoms with E-state index in [4.69, 9.17) is 4.18 Å². The maximum atomic E-state index is 12.0. The first-order valence-corrected chi connectivity index (χ1v) is 7.19. The van der Waals surface area contributed by atoms with Crippen LogP contribution in [0, 0.1) is 0 Å². The van der Waals surface area contributed by atoms with Crippen LogP contribution in [0.2, 0.25) is 0 Å². The van der Waals surface area contributed by atoms with Gasteiger partial charge in [-0.25, -0.2) is 0 Å². The van der Waals surface area contributed by atoms with E-state index in [-0.39, 0.29) is 10.6 Å². The quantitative estimate of drug-likeness (QED) is 0.812. The number of rotatable bonds is 1. The van der Waals surface area contributed by atoms with Crippen molar-refractivity contribution in [2.24, 2.45) is 0 Å². The van der Waals surface area contributed by atoms with Gasteiger partial charge in [0, 0.05) is 5.56 Å². The molecule has 0 saturated carbocycles. The molecule has 98 valence electrons. The molecular formula is C14H12O4S. The molecule has 0 radical (unpaired) electrons. The van der Waals surface area contributed by atoms with Crippen molar-refractivity contribution in [3.05, 3.63) is 59.7 Å². The van der Waals surface area contributed by atoms with E-state index >= 15 is 0 Å². The molecule has 1 aliphatic heterocycles. The van der Waals surface area contributed by atoms with Crippen LogP contribution in [0.1, 0.15) is 18.1 Å². The standard InChI is InChI=1S/C14H12O4S/c1-14(10-6-8-11(15)9-7-10)12-4-2-3-5-13(12)19(16,17)18-14/h2-9,15H,1H3. The summed E-state index contributed by atoms with van der Waals surface area (Å²) in [5.74, 6) is 0.126. The van der Waals surface area contributed by atoms with Gasteiger partial charge < -0.3 is 5.11 Å². The average Bonchev–Trinajstić information content (AvgIpc) is 2.59. The maximum absolute atomic E-state index is 12.0. The summed E-state index contributed by atoms with van der Waals surface area (Å²) in [4.78, 5) is 0.200. The molecule has 1 heterocycles. The number of hydrogen-bond acceptors (Lipinski definition) is 4. The Kier molecular flexibility index (Phi) is 2.45. The summed E-state index contributed by atoms with van der Waals surface area (Å²) in [7, 11) is -3.73. The van der Waals surface area contributed by atoms with Gasteiger partial charge in [0.2, 0.25) is 0 Å². The molecule has 0 bridgehead atoms. The Hall–Kier alpha value is -1.85. The van der Waals surface area contributed by atoms with E-state index in [1.165, 1.54) is 18.2 Å². The van der Waals surface area contributed by atoms with Crippen molar-refractivity contribution in [3.63, 3.8) is 0 Å². The number of phenols is 1. The van der Waals surface area contributed by atoms with Crippen molar-refractivity contribution >= 4 is 10.1 Å². The molecule has 2 aromatic rings. The third kappa shape index (κ3) is 1.74. The molecule has 0 aliphatic carbocycles. The SMILES string of the molecule is CC1(c2ccc(O)cc2)OS(=O)(=O)c2ccccc21. The fourth-order valence-corrected chi connectivity index (χ4v) is 3.86. The van der Waals surface area contributed by atoms with E-state index < -0.39 is 15.7 Å². The number of hydrogen-bond donors (Lipinski definition) is 1. The summed E-state index contributed by atoms with van der Waals surface area (Å²) in [5, 5.41) is 9.32. The van der Waals surface area contributed by atoms with Crippen LogP contribution in [0.15, 0.2) is 53.4 Å². The Morgan fingerprint density at radius 1 is 1.05 bits per heavy atom. The zero-order chi connectivity index (χ0) is 13.7. The van der Waals surface area contributed by atoms with Crippen molar-refractivity contribution in [1.29, 1.82) is 0 Å². The lowest BCUT2D eigenvalue weighted by molar-refractivity contribution is 0.156. The van der Waals surface area contributed by atoms with Crippen molar-refractivity contribution in [3.8, 4) is 5.75 Å². The third-order valence-corrected chi connectivity index (χ3v) is 4.81. The first-order valence-electron chi connectivity index (χ1n) is 5.78. The maximum Gasteiger partial charge on any atom is 0.298 e. The van der Waals surface area contributed by atoms with Gasteiger partial charge in [0.25, 0.3) is 10.1 Å². The minimum absolute atomic E-state index is 0.126. The van der Waals surface area contributed by atoms with Gasteiger partial charge in [0.05, 0.1) is 0 Å². The molecule has 0 amide bonds. The second-order valence-electron chi connectivity index (χ2n) is 4.61. The molecule has 1 N–H and O–H groups in total. The molecule has 3 rings (SSSR count). The predicted octanol–water partition coefficient (Wildman–Crippen LogP) is 2.37. The number of benzene rings is 2. The van der Waals surface area contributed by atoms with E-state index in [9.17, 15) is 13.5 Å². The van der Waals surface area contributed by atoms with Gasteiger partial charge >= 0.3 is 0 Å². The predicted molar refractivity (Wildman–Crippen MR) is 69.3 cm³/mol. The number of fused-ring (bicyclic) bond motifs is 1. The van der Waals surface area contributed by atoms with E-state index in [0.29, 0.717) is 11.1 Å². The van der Waals surface area contributed by atoms with Gasteiger partial charge in [-0.2, -0.15) is 8.42 Å². The van der Waals surface area contributed by atoms with E-state index in [2.05, 4.69) is 0 Å². The lowest BCUT2D eigenvalue weighted by atomic mass is 9.88. The molecule has 4 nitrogen and oxygen atoms in total. The van der Waals surface area contributed by atoms with Crippen LogP contribution in [0.25, 0.3) is 0 Å². The van der Waals surface area contributed by atoms with E-state index in [1.807, 2.05) is 0 Å². The lowest BCUT2D eigenvalue weighted by Crippen LogP contribution is -2.23. The molecule has 1 unspecified atom stereocenters. The molecule has 2 aromatic carbocycles. The molecule has 0 spiro atoms. The van der Waals surface area contributed by atoms with E-state index in [1.54, 1.807) is 37.3 Å². The van der Waals surface area contributed by atoms with Gasteiger partial charge in [-0.05, 0) is 30.7 Å². The fourth-order valence-electron chi connectivity index (χ4n) is 2.37. The average molecular weight is 276 g/mol. The zero-order valence-corrected chi connectivity index (χ0v) is 11.0. The van der Waals surface area contributed by atoms with Crippen LogP contribution in [-0.4, -0.2) is 13.5 Å². The van der Waals surface area contributed by atoms with Crippen molar-refractivity contribution in [2.75, 3.05) is 0 Å². The summed E-state index contributed by atoms with van der Waals surface area (Å²) in [6.07, 6.45) is 0. The second kappa shape index (κ2) is 3.82. The molecular weight excluding hydrogens is 264 g/mol. The smallest absolute Gasteiger partial charge is 0.298 e. The first kappa shape index (κ1) is 12.2. The van der Waals surface area contributed by atoms with Gasteiger partial charge in [-0.3, -0.25) is 4.18 Å². The Morgan fingerprint density at radius 2 is 1.68 bits per heavy atom. The summed E-state index contributed by atoms with van der Waals surface area (Å²) in [6.45, 7) is 1.71. The molecule has 5 heteroatoms. The van der Waals surface area contributed by atoms with Crippen molar-refractivity contribution in [1.82, 2.24) is 0 Å². The van der Waals surface area contributed by atoms with Gasteiger partial charge in [-0.1, -0.05) is 30.3 Å². The zero-order valence-electron chi connectivity index (χ0n) is 10.2. The Balaban J connectivity index is 2.25. The Morgan fingerprint density at radius 3 is 2.37 bits per heavy atom. The van der Waals surface area contributed by atoms with Crippen LogP contribution in [0.3, 0.4) is 0 Å². The topological polar surface area (TPSA) is 63.6 Å². The molecule has 19 heavy (non-hydrogen) atoms. The first-order chi connectivity index (χ1) is 8.93. The molecule has 1 aliphatic rings. The lowest BCUT2D eigenvalue weighted by Gasteiger charge is -2.23. The van der Waals surface area contributed by atoms with Gasteiger partial charge in [0.1, 0.15) is 16.2 Å². The van der Waals surface area contributed by atoms with Crippen LogP contribution in [0.4, 0.5) is 0 Å². The molecule has 1 atom stereocenters. The largest absolute Gasteiger partial charge is 0.508 e. The number of phenolic OH excluding ortho intramolecular Hbond substituents is 1. The second-order valence-corrected chi connectivity index (χ2v) is 6.13. The minimum atomic E-state index is -3.73. The summed E-state index contributed by atoms with van der Waals surface area (Å²) >= 11 is 0. The third-order valence-electron chi connectivity index (χ3n) is 3.36. The van der Waals surface area contributed by atoms with Crippen molar-refractivity contribution in [2.45, 2.75) is 17.4 Å². The summed E-state index contributed by atoms with van der Waals surface area (Å²) < 4.78 is 29.4. The summed E-state index contributed by atoms with van der Waals surface area (Å²) in [6, 6.07) is 13.1. The Labute approximate surface area is 111 Å². The highest BCUT2D eigenvalue weighted by molar-refractivity contribution is 7.87. The van der Waals surface area contributed by atoms with Crippen LogP contribution in [0.5, 0.6) is 5.75 Å². The highest BCUT2D eigenvalue weighted by Crippen LogP contribution is 2.45.